The highest BCUT2D eigenvalue weighted by atomic mass is 16.5. The van der Waals surface area contributed by atoms with Gasteiger partial charge in [0.1, 0.15) is 5.75 Å². The predicted molar refractivity (Wildman–Crippen MR) is 84.3 cm³/mol. The van der Waals surface area contributed by atoms with Gasteiger partial charge in [-0.3, -0.25) is 0 Å². The molecule has 0 fully saturated rings. The Morgan fingerprint density at radius 3 is 2.65 bits per heavy atom. The van der Waals surface area contributed by atoms with Crippen LogP contribution < -0.4 is 10.1 Å². The van der Waals surface area contributed by atoms with E-state index in [-0.39, 0.29) is 0 Å². The van der Waals surface area contributed by atoms with E-state index in [0.717, 1.165) is 18.7 Å². The average Bonchev–Trinajstić information content (AvgIpc) is 2.47. The van der Waals surface area contributed by atoms with Gasteiger partial charge in [0.05, 0.1) is 7.11 Å². The first-order valence-corrected chi connectivity index (χ1v) is 7.12. The number of ether oxygens (including phenoxy) is 1. The van der Waals surface area contributed by atoms with Crippen LogP contribution in [0.5, 0.6) is 5.75 Å². The summed E-state index contributed by atoms with van der Waals surface area (Å²) in [6.45, 7) is 5.30. The second kappa shape index (κ2) is 7.11. The zero-order chi connectivity index (χ0) is 14.4. The van der Waals surface area contributed by atoms with E-state index in [2.05, 4.69) is 55.6 Å². The number of nitrogens with one attached hydrogen (secondary N) is 1. The summed E-state index contributed by atoms with van der Waals surface area (Å²) < 4.78 is 5.24. The molecule has 2 nitrogen and oxygen atoms in total. The molecule has 0 amide bonds. The van der Waals surface area contributed by atoms with Gasteiger partial charge in [-0.05, 0) is 50.1 Å². The van der Waals surface area contributed by atoms with Crippen molar-refractivity contribution in [3.8, 4) is 5.75 Å². The van der Waals surface area contributed by atoms with Crippen molar-refractivity contribution < 1.29 is 4.74 Å². The maximum absolute atomic E-state index is 5.24. The molecule has 2 rings (SSSR count). The summed E-state index contributed by atoms with van der Waals surface area (Å²) in [5.41, 5.74) is 3.95. The molecule has 1 unspecified atom stereocenters. The van der Waals surface area contributed by atoms with Gasteiger partial charge in [-0.2, -0.15) is 0 Å². The van der Waals surface area contributed by atoms with Crippen molar-refractivity contribution in [1.29, 1.82) is 0 Å². The Kier molecular flexibility index (Phi) is 5.19. The van der Waals surface area contributed by atoms with Gasteiger partial charge in [0.25, 0.3) is 0 Å². The average molecular weight is 269 g/mol. The second-order valence-electron chi connectivity index (χ2n) is 5.19. The Balaban J connectivity index is 1.86. The normalized spacial score (nSPS) is 12.2. The van der Waals surface area contributed by atoms with Gasteiger partial charge in [0.2, 0.25) is 0 Å². The quantitative estimate of drug-likeness (QED) is 0.859. The van der Waals surface area contributed by atoms with Crippen LogP contribution >= 0.6 is 0 Å². The number of aryl methyl sites for hydroxylation is 1. The maximum atomic E-state index is 5.24. The lowest BCUT2D eigenvalue weighted by Gasteiger charge is -2.15. The highest BCUT2D eigenvalue weighted by molar-refractivity contribution is 5.28. The van der Waals surface area contributed by atoms with E-state index in [1.54, 1.807) is 7.11 Å². The van der Waals surface area contributed by atoms with Crippen molar-refractivity contribution in [1.82, 2.24) is 5.32 Å². The van der Waals surface area contributed by atoms with E-state index >= 15 is 0 Å². The lowest BCUT2D eigenvalue weighted by Crippen LogP contribution is -2.21. The minimum atomic E-state index is 0.375. The molecule has 0 heterocycles. The standard InChI is InChI=1S/C18H23NO/c1-14-6-4-8-17(12-14)15(2)19-11-10-16-7-5-9-18(13-16)20-3/h4-9,12-13,15,19H,10-11H2,1-3H3. The third-order valence-electron chi connectivity index (χ3n) is 3.54. The third-order valence-corrected chi connectivity index (χ3v) is 3.54. The van der Waals surface area contributed by atoms with Crippen LogP contribution in [0.4, 0.5) is 0 Å². The van der Waals surface area contributed by atoms with E-state index in [1.807, 2.05) is 12.1 Å². The molecule has 0 radical (unpaired) electrons. The molecule has 0 aliphatic carbocycles. The Hall–Kier alpha value is -1.80. The molecular weight excluding hydrogens is 246 g/mol. The molecule has 0 spiro atoms. The van der Waals surface area contributed by atoms with E-state index in [0.29, 0.717) is 6.04 Å². The molecule has 20 heavy (non-hydrogen) atoms. The Morgan fingerprint density at radius 2 is 1.90 bits per heavy atom. The molecule has 2 aromatic rings. The molecular formula is C18H23NO. The van der Waals surface area contributed by atoms with Crippen LogP contribution in [-0.4, -0.2) is 13.7 Å². The van der Waals surface area contributed by atoms with Crippen molar-refractivity contribution in [2.75, 3.05) is 13.7 Å². The molecule has 0 aliphatic heterocycles. The number of hydrogen-bond acceptors (Lipinski definition) is 2. The van der Waals surface area contributed by atoms with Crippen LogP contribution in [0.2, 0.25) is 0 Å². The highest BCUT2D eigenvalue weighted by Crippen LogP contribution is 2.15. The lowest BCUT2D eigenvalue weighted by atomic mass is 10.1. The Bertz CT molecular complexity index is 551. The van der Waals surface area contributed by atoms with Crippen molar-refractivity contribution in [3.63, 3.8) is 0 Å². The number of benzene rings is 2. The van der Waals surface area contributed by atoms with Crippen molar-refractivity contribution in [2.45, 2.75) is 26.3 Å². The van der Waals surface area contributed by atoms with E-state index < -0.39 is 0 Å². The van der Waals surface area contributed by atoms with Crippen LogP contribution in [0.1, 0.15) is 29.7 Å². The monoisotopic (exact) mass is 269 g/mol. The lowest BCUT2D eigenvalue weighted by molar-refractivity contribution is 0.414. The number of rotatable bonds is 6. The van der Waals surface area contributed by atoms with Crippen LogP contribution in [0.25, 0.3) is 0 Å². The topological polar surface area (TPSA) is 21.3 Å². The van der Waals surface area contributed by atoms with Crippen molar-refractivity contribution in [3.05, 3.63) is 65.2 Å². The minimum absolute atomic E-state index is 0.375. The molecule has 0 saturated carbocycles. The first kappa shape index (κ1) is 14.6. The summed E-state index contributed by atoms with van der Waals surface area (Å²) in [5, 5.41) is 3.57. The molecule has 2 heteroatoms. The van der Waals surface area contributed by atoms with Gasteiger partial charge in [0, 0.05) is 6.04 Å². The summed E-state index contributed by atoms with van der Waals surface area (Å²) in [5.74, 6) is 0.925. The summed E-state index contributed by atoms with van der Waals surface area (Å²) in [6, 6.07) is 17.3. The minimum Gasteiger partial charge on any atom is -0.497 e. The van der Waals surface area contributed by atoms with Gasteiger partial charge in [0.15, 0.2) is 0 Å². The molecule has 2 aromatic carbocycles. The Labute approximate surface area is 121 Å². The predicted octanol–water partition coefficient (Wildman–Crippen LogP) is 3.90. The van der Waals surface area contributed by atoms with E-state index in [9.17, 15) is 0 Å². The number of methoxy groups -OCH3 is 1. The van der Waals surface area contributed by atoms with E-state index in [4.69, 9.17) is 4.74 Å². The Morgan fingerprint density at radius 1 is 1.10 bits per heavy atom. The van der Waals surface area contributed by atoms with Crippen molar-refractivity contribution >= 4 is 0 Å². The SMILES string of the molecule is COc1cccc(CCNC(C)c2cccc(C)c2)c1. The molecule has 0 saturated heterocycles. The zero-order valence-electron chi connectivity index (χ0n) is 12.5. The van der Waals surface area contributed by atoms with Crippen LogP contribution in [0.3, 0.4) is 0 Å². The first-order chi connectivity index (χ1) is 9.69. The fourth-order valence-corrected chi connectivity index (χ4v) is 2.32. The van der Waals surface area contributed by atoms with Gasteiger partial charge in [-0.15, -0.1) is 0 Å². The molecule has 0 bridgehead atoms. The van der Waals surface area contributed by atoms with Crippen LogP contribution in [0.15, 0.2) is 48.5 Å². The summed E-state index contributed by atoms with van der Waals surface area (Å²) in [4.78, 5) is 0. The maximum Gasteiger partial charge on any atom is 0.119 e. The third kappa shape index (κ3) is 4.10. The fraction of sp³-hybridized carbons (Fsp3) is 0.333. The molecule has 1 N–H and O–H groups in total. The zero-order valence-corrected chi connectivity index (χ0v) is 12.5. The largest absolute Gasteiger partial charge is 0.497 e. The highest BCUT2D eigenvalue weighted by Gasteiger charge is 2.04. The smallest absolute Gasteiger partial charge is 0.119 e. The van der Waals surface area contributed by atoms with Gasteiger partial charge in [-0.25, -0.2) is 0 Å². The van der Waals surface area contributed by atoms with Crippen molar-refractivity contribution in [2.24, 2.45) is 0 Å². The summed E-state index contributed by atoms with van der Waals surface area (Å²) in [6.07, 6.45) is 1.01. The molecule has 106 valence electrons. The van der Waals surface area contributed by atoms with Crippen LogP contribution in [-0.2, 0) is 6.42 Å². The molecule has 1 atom stereocenters. The van der Waals surface area contributed by atoms with Gasteiger partial charge >= 0.3 is 0 Å². The molecule has 0 aromatic heterocycles. The summed E-state index contributed by atoms with van der Waals surface area (Å²) in [7, 11) is 1.71. The first-order valence-electron chi connectivity index (χ1n) is 7.12. The van der Waals surface area contributed by atoms with Crippen LogP contribution in [0, 0.1) is 6.92 Å². The van der Waals surface area contributed by atoms with Gasteiger partial charge in [-0.1, -0.05) is 42.0 Å². The second-order valence-corrected chi connectivity index (χ2v) is 5.19. The number of hydrogen-bond donors (Lipinski definition) is 1. The van der Waals surface area contributed by atoms with E-state index in [1.165, 1.54) is 16.7 Å². The summed E-state index contributed by atoms with van der Waals surface area (Å²) >= 11 is 0. The van der Waals surface area contributed by atoms with Gasteiger partial charge < -0.3 is 10.1 Å². The fourth-order valence-electron chi connectivity index (χ4n) is 2.32. The molecule has 0 aliphatic rings.